The molecule has 2 aromatic carbocycles. The lowest BCUT2D eigenvalue weighted by Crippen LogP contribution is -2.27. The third-order valence-corrected chi connectivity index (χ3v) is 5.32. The summed E-state index contributed by atoms with van der Waals surface area (Å²) >= 11 is 0. The summed E-state index contributed by atoms with van der Waals surface area (Å²) in [5.41, 5.74) is 0.587. The normalized spacial score (nSPS) is 11.0. The molecular weight excluding hydrogens is 352 g/mol. The smallest absolute Gasteiger partial charge is 0.253 e. The van der Waals surface area contributed by atoms with E-state index in [4.69, 9.17) is 0 Å². The quantitative estimate of drug-likeness (QED) is 0.695. The molecule has 26 heavy (non-hydrogen) atoms. The SMILES string of the molecule is CCCCNC(=O)c1ccccc1NC(=O)CS(=O)(=O)c1ccccc1. The van der Waals surface area contributed by atoms with Crippen molar-refractivity contribution in [2.75, 3.05) is 17.6 Å². The van der Waals surface area contributed by atoms with Crippen LogP contribution in [0.2, 0.25) is 0 Å². The van der Waals surface area contributed by atoms with Crippen LogP contribution in [0.25, 0.3) is 0 Å². The largest absolute Gasteiger partial charge is 0.352 e. The molecule has 7 heteroatoms. The number of carbonyl (C=O) groups is 2. The molecule has 0 aromatic heterocycles. The van der Waals surface area contributed by atoms with Crippen LogP contribution in [0, 0.1) is 0 Å². The Kier molecular flexibility index (Phi) is 6.91. The van der Waals surface area contributed by atoms with Gasteiger partial charge in [-0.15, -0.1) is 0 Å². The molecule has 0 bridgehead atoms. The standard InChI is InChI=1S/C19H22N2O4S/c1-2-3-13-20-19(23)16-11-7-8-12-17(16)21-18(22)14-26(24,25)15-9-5-4-6-10-15/h4-12H,2-3,13-14H2,1H3,(H,20,23)(H,21,22). The Hall–Kier alpha value is -2.67. The molecule has 0 unspecified atom stereocenters. The van der Waals surface area contributed by atoms with Gasteiger partial charge in [-0.05, 0) is 30.7 Å². The van der Waals surface area contributed by atoms with Gasteiger partial charge >= 0.3 is 0 Å². The molecule has 0 radical (unpaired) electrons. The summed E-state index contributed by atoms with van der Waals surface area (Å²) in [4.78, 5) is 24.5. The van der Waals surface area contributed by atoms with Crippen molar-refractivity contribution in [3.63, 3.8) is 0 Å². The van der Waals surface area contributed by atoms with Crippen LogP contribution in [0.15, 0.2) is 59.5 Å². The fourth-order valence-corrected chi connectivity index (χ4v) is 3.49. The Morgan fingerprint density at radius 1 is 0.962 bits per heavy atom. The monoisotopic (exact) mass is 374 g/mol. The van der Waals surface area contributed by atoms with E-state index in [0.29, 0.717) is 12.1 Å². The van der Waals surface area contributed by atoms with Gasteiger partial charge < -0.3 is 10.6 Å². The molecular formula is C19H22N2O4S. The van der Waals surface area contributed by atoms with Gasteiger partial charge in [0.1, 0.15) is 5.75 Å². The Morgan fingerprint density at radius 2 is 1.62 bits per heavy atom. The highest BCUT2D eigenvalue weighted by Crippen LogP contribution is 2.16. The van der Waals surface area contributed by atoms with Gasteiger partial charge in [0.05, 0.1) is 16.1 Å². The van der Waals surface area contributed by atoms with E-state index >= 15 is 0 Å². The van der Waals surface area contributed by atoms with Gasteiger partial charge in [-0.3, -0.25) is 9.59 Å². The maximum atomic E-state index is 12.3. The minimum atomic E-state index is -3.74. The molecule has 0 aliphatic rings. The van der Waals surface area contributed by atoms with Crippen LogP contribution in [0.4, 0.5) is 5.69 Å². The topological polar surface area (TPSA) is 92.3 Å². The first-order valence-electron chi connectivity index (χ1n) is 8.39. The third kappa shape index (κ3) is 5.42. The van der Waals surface area contributed by atoms with Crippen molar-refractivity contribution in [3.05, 3.63) is 60.2 Å². The highest BCUT2D eigenvalue weighted by Gasteiger charge is 2.20. The zero-order valence-corrected chi connectivity index (χ0v) is 15.4. The maximum Gasteiger partial charge on any atom is 0.253 e. The molecule has 138 valence electrons. The molecule has 0 fully saturated rings. The van der Waals surface area contributed by atoms with Crippen molar-refractivity contribution in [3.8, 4) is 0 Å². The van der Waals surface area contributed by atoms with E-state index in [1.807, 2.05) is 6.92 Å². The lowest BCUT2D eigenvalue weighted by Gasteiger charge is -2.11. The van der Waals surface area contributed by atoms with E-state index in [0.717, 1.165) is 12.8 Å². The van der Waals surface area contributed by atoms with Gasteiger partial charge in [0, 0.05) is 6.54 Å². The summed E-state index contributed by atoms with van der Waals surface area (Å²) in [6.07, 6.45) is 1.81. The zero-order valence-electron chi connectivity index (χ0n) is 14.6. The van der Waals surface area contributed by atoms with Gasteiger partial charge in [-0.2, -0.15) is 0 Å². The molecule has 2 amide bonds. The van der Waals surface area contributed by atoms with Crippen molar-refractivity contribution >= 4 is 27.3 Å². The summed E-state index contributed by atoms with van der Waals surface area (Å²) < 4.78 is 24.6. The molecule has 0 saturated heterocycles. The van der Waals surface area contributed by atoms with Crippen molar-refractivity contribution in [1.29, 1.82) is 0 Å². The number of unbranched alkanes of at least 4 members (excludes halogenated alkanes) is 1. The number of hydrogen-bond acceptors (Lipinski definition) is 4. The number of anilines is 1. The highest BCUT2D eigenvalue weighted by atomic mass is 32.2. The number of sulfone groups is 1. The predicted octanol–water partition coefficient (Wildman–Crippen LogP) is 2.63. The Bertz CT molecular complexity index is 864. The van der Waals surface area contributed by atoms with Gasteiger partial charge in [-0.25, -0.2) is 8.42 Å². The van der Waals surface area contributed by atoms with E-state index in [1.54, 1.807) is 42.5 Å². The van der Waals surface area contributed by atoms with Crippen LogP contribution in [-0.4, -0.2) is 32.5 Å². The number of rotatable bonds is 8. The number of carbonyl (C=O) groups excluding carboxylic acids is 2. The molecule has 0 aliphatic heterocycles. The molecule has 2 N–H and O–H groups in total. The second-order valence-corrected chi connectivity index (χ2v) is 7.76. The molecule has 2 aromatic rings. The second kappa shape index (κ2) is 9.15. The number of benzene rings is 2. The fraction of sp³-hybridized carbons (Fsp3) is 0.263. The van der Waals surface area contributed by atoms with E-state index < -0.39 is 21.5 Å². The van der Waals surface area contributed by atoms with Gasteiger partial charge in [-0.1, -0.05) is 43.7 Å². The summed E-state index contributed by atoms with van der Waals surface area (Å²) in [7, 11) is -3.74. The first kappa shape index (κ1) is 19.7. The number of nitrogens with one attached hydrogen (secondary N) is 2. The zero-order chi connectivity index (χ0) is 19.0. The molecule has 0 heterocycles. The Labute approximate surface area is 153 Å². The number of para-hydroxylation sites is 1. The second-order valence-electron chi connectivity index (χ2n) is 5.78. The van der Waals surface area contributed by atoms with Gasteiger partial charge in [0.2, 0.25) is 5.91 Å². The summed E-state index contributed by atoms with van der Waals surface area (Å²) in [5.74, 6) is -1.69. The van der Waals surface area contributed by atoms with Crippen LogP contribution in [0.5, 0.6) is 0 Å². The first-order chi connectivity index (χ1) is 12.4. The van der Waals surface area contributed by atoms with E-state index in [2.05, 4.69) is 10.6 Å². The first-order valence-corrected chi connectivity index (χ1v) is 10.0. The fourth-order valence-electron chi connectivity index (χ4n) is 2.33. The number of hydrogen-bond donors (Lipinski definition) is 2. The molecule has 0 atom stereocenters. The van der Waals surface area contributed by atoms with Crippen LogP contribution in [-0.2, 0) is 14.6 Å². The maximum absolute atomic E-state index is 12.3. The minimum Gasteiger partial charge on any atom is -0.352 e. The minimum absolute atomic E-state index is 0.0840. The van der Waals surface area contributed by atoms with Crippen LogP contribution in [0.1, 0.15) is 30.1 Å². The van der Waals surface area contributed by atoms with Crippen molar-refractivity contribution in [1.82, 2.24) is 5.32 Å². The van der Waals surface area contributed by atoms with Crippen molar-refractivity contribution < 1.29 is 18.0 Å². The van der Waals surface area contributed by atoms with Gasteiger partial charge in [0.25, 0.3) is 5.91 Å². The molecule has 2 rings (SSSR count). The average Bonchev–Trinajstić information content (AvgIpc) is 2.62. The third-order valence-electron chi connectivity index (χ3n) is 3.69. The van der Waals surface area contributed by atoms with Crippen molar-refractivity contribution in [2.24, 2.45) is 0 Å². The van der Waals surface area contributed by atoms with Gasteiger partial charge in [0.15, 0.2) is 9.84 Å². The lowest BCUT2D eigenvalue weighted by atomic mass is 10.1. The molecule has 0 spiro atoms. The highest BCUT2D eigenvalue weighted by molar-refractivity contribution is 7.92. The average molecular weight is 374 g/mol. The Morgan fingerprint density at radius 3 is 2.31 bits per heavy atom. The van der Waals surface area contributed by atoms with E-state index in [1.165, 1.54) is 12.1 Å². The predicted molar refractivity (Wildman–Crippen MR) is 101 cm³/mol. The Balaban J connectivity index is 2.09. The van der Waals surface area contributed by atoms with E-state index in [9.17, 15) is 18.0 Å². The van der Waals surface area contributed by atoms with Crippen LogP contribution < -0.4 is 10.6 Å². The van der Waals surface area contributed by atoms with Crippen LogP contribution in [0.3, 0.4) is 0 Å². The van der Waals surface area contributed by atoms with Crippen LogP contribution >= 0.6 is 0 Å². The lowest BCUT2D eigenvalue weighted by molar-refractivity contribution is -0.113. The molecule has 0 saturated carbocycles. The summed E-state index contributed by atoms with van der Waals surface area (Å²) in [6.45, 7) is 2.56. The summed E-state index contributed by atoms with van der Waals surface area (Å²) in [5, 5.41) is 5.31. The van der Waals surface area contributed by atoms with Crippen molar-refractivity contribution in [2.45, 2.75) is 24.7 Å². The molecule has 0 aliphatic carbocycles. The van der Waals surface area contributed by atoms with E-state index in [-0.39, 0.29) is 16.5 Å². The summed E-state index contributed by atoms with van der Waals surface area (Å²) in [6, 6.07) is 14.3. The number of amides is 2. The molecule has 6 nitrogen and oxygen atoms in total.